The van der Waals surface area contributed by atoms with Crippen LogP contribution in [-0.2, 0) is 20.4 Å². The van der Waals surface area contributed by atoms with Crippen molar-refractivity contribution in [2.75, 3.05) is 16.8 Å². The Labute approximate surface area is 108 Å². The van der Waals surface area contributed by atoms with Gasteiger partial charge in [0.05, 0.1) is 6.42 Å². The summed E-state index contributed by atoms with van der Waals surface area (Å²) in [5, 5.41) is 11.0. The van der Waals surface area contributed by atoms with Crippen LogP contribution < -0.4 is 5.32 Å². The maximum atomic E-state index is 11.5. The highest BCUT2D eigenvalue weighted by Gasteiger charge is 2.09. The predicted octanol–water partition coefficient (Wildman–Crippen LogP) is 1.16. The van der Waals surface area contributed by atoms with Crippen LogP contribution in [0.1, 0.15) is 12.0 Å². The fourth-order valence-electron chi connectivity index (χ4n) is 1.25. The number of anilines is 1. The molecule has 2 N–H and O–H groups in total. The lowest BCUT2D eigenvalue weighted by Gasteiger charge is -2.05. The van der Waals surface area contributed by atoms with Crippen LogP contribution in [0.25, 0.3) is 0 Å². The van der Waals surface area contributed by atoms with Gasteiger partial charge in [-0.15, -0.1) is 0 Å². The molecule has 0 fully saturated rings. The lowest BCUT2D eigenvalue weighted by Crippen LogP contribution is -2.21. The number of carboxylic acids is 1. The van der Waals surface area contributed by atoms with Crippen LogP contribution in [-0.4, -0.2) is 32.7 Å². The van der Waals surface area contributed by atoms with Crippen molar-refractivity contribution in [1.29, 1.82) is 0 Å². The molecule has 1 rings (SSSR count). The van der Waals surface area contributed by atoms with Gasteiger partial charge in [0.1, 0.15) is 5.75 Å². The van der Waals surface area contributed by atoms with E-state index in [2.05, 4.69) is 5.32 Å². The summed E-state index contributed by atoms with van der Waals surface area (Å²) in [4.78, 5) is 21.8. The van der Waals surface area contributed by atoms with Gasteiger partial charge in [0.25, 0.3) is 0 Å². The topological polar surface area (TPSA) is 83.5 Å². The molecule has 6 heteroatoms. The summed E-state index contributed by atoms with van der Waals surface area (Å²) in [6, 6.07) is 7.23. The van der Waals surface area contributed by atoms with Crippen molar-refractivity contribution in [3.8, 4) is 0 Å². The lowest BCUT2D eigenvalue weighted by molar-refractivity contribution is -0.136. The first kappa shape index (κ1) is 14.4. The van der Waals surface area contributed by atoms with Crippen molar-refractivity contribution in [2.45, 2.75) is 13.3 Å². The third-order valence-electron chi connectivity index (χ3n) is 2.17. The van der Waals surface area contributed by atoms with Crippen molar-refractivity contribution >= 4 is 28.4 Å². The number of aliphatic carboxylic acids is 1. The average molecular weight is 269 g/mol. The molecular weight excluding hydrogens is 254 g/mol. The second-order valence-electron chi connectivity index (χ2n) is 3.85. The van der Waals surface area contributed by atoms with Crippen LogP contribution >= 0.6 is 0 Å². The van der Waals surface area contributed by atoms with Crippen LogP contribution in [0, 0.1) is 6.92 Å². The molecule has 0 radical (unpaired) electrons. The van der Waals surface area contributed by atoms with Gasteiger partial charge in [-0.3, -0.25) is 13.8 Å². The third-order valence-corrected chi connectivity index (χ3v) is 3.41. The Hall–Kier alpha value is -1.69. The average Bonchev–Trinajstić information content (AvgIpc) is 2.29. The number of rotatable bonds is 6. The van der Waals surface area contributed by atoms with Crippen molar-refractivity contribution in [3.05, 3.63) is 29.8 Å². The minimum atomic E-state index is -1.44. The van der Waals surface area contributed by atoms with Gasteiger partial charge in [0.15, 0.2) is 0 Å². The Balaban J connectivity index is 2.39. The van der Waals surface area contributed by atoms with E-state index in [-0.39, 0.29) is 23.8 Å². The molecule has 1 amide bonds. The van der Waals surface area contributed by atoms with Gasteiger partial charge < -0.3 is 10.4 Å². The first-order valence-electron chi connectivity index (χ1n) is 5.40. The van der Waals surface area contributed by atoms with Crippen molar-refractivity contribution in [1.82, 2.24) is 0 Å². The van der Waals surface area contributed by atoms with E-state index in [1.54, 1.807) is 12.1 Å². The zero-order valence-corrected chi connectivity index (χ0v) is 10.8. The molecule has 1 aromatic carbocycles. The number of carboxylic acid groups (broad SMARTS) is 1. The number of hydrogen-bond donors (Lipinski definition) is 2. The van der Waals surface area contributed by atoms with E-state index in [1.807, 2.05) is 19.1 Å². The fourth-order valence-corrected chi connectivity index (χ4v) is 2.16. The molecule has 0 aliphatic carbocycles. The number of benzene rings is 1. The molecule has 0 aliphatic heterocycles. The maximum absolute atomic E-state index is 11.5. The van der Waals surface area contributed by atoms with Crippen LogP contribution in [0.5, 0.6) is 0 Å². The van der Waals surface area contributed by atoms with E-state index in [0.29, 0.717) is 5.69 Å². The number of nitrogens with one attached hydrogen (secondary N) is 1. The van der Waals surface area contributed by atoms with E-state index < -0.39 is 16.8 Å². The van der Waals surface area contributed by atoms with Gasteiger partial charge in [-0.25, -0.2) is 0 Å². The standard InChI is InChI=1S/C12H15NO4S/c1-9-2-4-10(5-3-9)13-11(14)8-18(17)7-6-12(15)16/h2-5H,6-8H2,1H3,(H,13,14)(H,15,16). The number of aryl methyl sites for hydroxylation is 1. The van der Waals surface area contributed by atoms with E-state index in [1.165, 1.54) is 0 Å². The Morgan fingerprint density at radius 2 is 1.89 bits per heavy atom. The molecule has 0 saturated carbocycles. The molecule has 0 bridgehead atoms. The first-order chi connectivity index (χ1) is 8.47. The Bertz CT molecular complexity index is 456. The zero-order chi connectivity index (χ0) is 13.5. The molecule has 1 atom stereocenters. The molecular formula is C12H15NO4S. The molecule has 1 aromatic rings. The molecule has 0 aliphatic rings. The summed E-state index contributed by atoms with van der Waals surface area (Å²) < 4.78 is 11.4. The maximum Gasteiger partial charge on any atom is 0.304 e. The van der Waals surface area contributed by atoms with E-state index in [9.17, 15) is 13.8 Å². The second kappa shape index (κ2) is 6.90. The molecule has 0 saturated heterocycles. The van der Waals surface area contributed by atoms with Gasteiger partial charge in [0, 0.05) is 22.2 Å². The van der Waals surface area contributed by atoms with Crippen molar-refractivity contribution < 1.29 is 18.9 Å². The second-order valence-corrected chi connectivity index (χ2v) is 5.42. The SMILES string of the molecule is Cc1ccc(NC(=O)CS(=O)CCC(=O)O)cc1. The van der Waals surface area contributed by atoms with Gasteiger partial charge in [-0.2, -0.15) is 0 Å². The summed E-state index contributed by atoms with van der Waals surface area (Å²) in [6.45, 7) is 1.94. The van der Waals surface area contributed by atoms with Crippen molar-refractivity contribution in [3.63, 3.8) is 0 Å². The summed E-state index contributed by atoms with van der Waals surface area (Å²) in [5.74, 6) is -1.57. The smallest absolute Gasteiger partial charge is 0.304 e. The fraction of sp³-hybridized carbons (Fsp3) is 0.333. The van der Waals surface area contributed by atoms with E-state index in [0.717, 1.165) is 5.56 Å². The largest absolute Gasteiger partial charge is 0.481 e. The number of carbonyl (C=O) groups is 2. The summed E-state index contributed by atoms with van der Waals surface area (Å²) in [7, 11) is -1.44. The summed E-state index contributed by atoms with van der Waals surface area (Å²) in [6.07, 6.45) is -0.190. The summed E-state index contributed by atoms with van der Waals surface area (Å²) in [5.41, 5.74) is 1.72. The molecule has 98 valence electrons. The normalized spacial score (nSPS) is 11.8. The lowest BCUT2D eigenvalue weighted by atomic mass is 10.2. The number of hydrogen-bond acceptors (Lipinski definition) is 3. The highest BCUT2D eigenvalue weighted by molar-refractivity contribution is 7.85. The van der Waals surface area contributed by atoms with Gasteiger partial charge in [-0.05, 0) is 19.1 Å². The highest BCUT2D eigenvalue weighted by atomic mass is 32.2. The van der Waals surface area contributed by atoms with Gasteiger partial charge in [0.2, 0.25) is 5.91 Å². The van der Waals surface area contributed by atoms with E-state index in [4.69, 9.17) is 5.11 Å². The third kappa shape index (κ3) is 5.58. The predicted molar refractivity (Wildman–Crippen MR) is 69.9 cm³/mol. The molecule has 18 heavy (non-hydrogen) atoms. The number of carbonyl (C=O) groups excluding carboxylic acids is 1. The Morgan fingerprint density at radius 1 is 1.28 bits per heavy atom. The number of amides is 1. The van der Waals surface area contributed by atoms with Crippen LogP contribution in [0.15, 0.2) is 24.3 Å². The van der Waals surface area contributed by atoms with Crippen LogP contribution in [0.3, 0.4) is 0 Å². The summed E-state index contributed by atoms with van der Waals surface area (Å²) >= 11 is 0. The quantitative estimate of drug-likeness (QED) is 0.811. The van der Waals surface area contributed by atoms with Crippen LogP contribution in [0.2, 0.25) is 0 Å². The molecule has 0 aromatic heterocycles. The van der Waals surface area contributed by atoms with Gasteiger partial charge in [-0.1, -0.05) is 17.7 Å². The van der Waals surface area contributed by atoms with E-state index >= 15 is 0 Å². The molecule has 5 nitrogen and oxygen atoms in total. The molecule has 0 spiro atoms. The minimum absolute atomic E-state index is 0.00332. The zero-order valence-electron chi connectivity index (χ0n) is 10.0. The minimum Gasteiger partial charge on any atom is -0.481 e. The van der Waals surface area contributed by atoms with Gasteiger partial charge >= 0.3 is 5.97 Å². The van der Waals surface area contributed by atoms with Crippen LogP contribution in [0.4, 0.5) is 5.69 Å². The first-order valence-corrected chi connectivity index (χ1v) is 6.89. The molecule has 1 unspecified atom stereocenters. The molecule has 0 heterocycles. The van der Waals surface area contributed by atoms with Crippen molar-refractivity contribution in [2.24, 2.45) is 0 Å². The highest BCUT2D eigenvalue weighted by Crippen LogP contribution is 2.08. The Morgan fingerprint density at radius 3 is 2.44 bits per heavy atom. The monoisotopic (exact) mass is 269 g/mol. The Kier molecular flexibility index (Phi) is 5.51.